The Morgan fingerprint density at radius 3 is 1.13 bits per heavy atom. The second-order valence-corrected chi connectivity index (χ2v) is 11.8. The number of carboxylic acid groups (broad SMARTS) is 2. The van der Waals surface area contributed by atoms with Gasteiger partial charge in [0.05, 0.1) is 0 Å². The van der Waals surface area contributed by atoms with E-state index in [1.165, 1.54) is 0 Å². The van der Waals surface area contributed by atoms with E-state index in [1.54, 1.807) is 84.0 Å². The monoisotopic (exact) mass is 646 g/mol. The molecule has 0 aliphatic heterocycles. The molecule has 0 bridgehead atoms. The number of hydrogen-bond acceptors (Lipinski definition) is 10. The summed E-state index contributed by atoms with van der Waals surface area (Å²) in [5, 5.41) is 17.2. The fourth-order valence-corrected chi connectivity index (χ4v) is 3.38. The predicted octanol–water partition coefficient (Wildman–Crippen LogP) is 4.10. The standard InChI is InChI=1S/C20H29NO6.C12H13NO6/c1-19(2,3)26-16(22)12-21(13-17(23)27-20(4,5)6)18(24)25-14-15-10-8-7-9-11-15;14-10(15)6-13(7-11(16)17)12(18)19-8-9-4-2-1-3-5-9/h7-11H,12-14H2,1-6H3;1-5H,6-8H2,(H,14,15)(H,16,17). The van der Waals surface area contributed by atoms with Crippen LogP contribution in [-0.2, 0) is 51.3 Å². The van der Waals surface area contributed by atoms with Gasteiger partial charge in [-0.2, -0.15) is 0 Å². The van der Waals surface area contributed by atoms with Gasteiger partial charge < -0.3 is 29.2 Å². The molecule has 2 rings (SSSR count). The molecule has 0 saturated heterocycles. The molecule has 0 fully saturated rings. The van der Waals surface area contributed by atoms with Gasteiger partial charge in [0.2, 0.25) is 0 Å². The van der Waals surface area contributed by atoms with Gasteiger partial charge in [-0.25, -0.2) is 9.59 Å². The van der Waals surface area contributed by atoms with E-state index < -0.39 is 73.4 Å². The van der Waals surface area contributed by atoms with Gasteiger partial charge in [0.25, 0.3) is 0 Å². The molecule has 2 aromatic carbocycles. The summed E-state index contributed by atoms with van der Waals surface area (Å²) < 4.78 is 20.5. The van der Waals surface area contributed by atoms with E-state index in [-0.39, 0.29) is 13.2 Å². The zero-order chi connectivity index (χ0) is 34.9. The number of aliphatic carboxylic acids is 2. The Hall–Kier alpha value is -5.14. The second kappa shape index (κ2) is 18.6. The Bertz CT molecular complexity index is 1260. The van der Waals surface area contributed by atoms with Crippen molar-refractivity contribution >= 4 is 36.1 Å². The van der Waals surface area contributed by atoms with Crippen LogP contribution >= 0.6 is 0 Å². The van der Waals surface area contributed by atoms with Crippen molar-refractivity contribution in [2.24, 2.45) is 0 Å². The molecule has 14 nitrogen and oxygen atoms in total. The second-order valence-electron chi connectivity index (χ2n) is 11.8. The average molecular weight is 647 g/mol. The van der Waals surface area contributed by atoms with Crippen LogP contribution in [0.1, 0.15) is 52.7 Å². The topological polar surface area (TPSA) is 186 Å². The molecule has 0 unspecified atom stereocenters. The maximum atomic E-state index is 12.4. The Balaban J connectivity index is 0.000000489. The molecule has 0 spiro atoms. The van der Waals surface area contributed by atoms with Gasteiger partial charge in [-0.3, -0.25) is 29.0 Å². The van der Waals surface area contributed by atoms with Crippen molar-refractivity contribution in [3.8, 4) is 0 Å². The van der Waals surface area contributed by atoms with Crippen molar-refractivity contribution in [2.75, 3.05) is 26.2 Å². The summed E-state index contributed by atoms with van der Waals surface area (Å²) in [5.74, 6) is -3.89. The van der Waals surface area contributed by atoms with E-state index >= 15 is 0 Å². The first-order valence-electron chi connectivity index (χ1n) is 14.1. The number of hydrogen-bond donors (Lipinski definition) is 2. The Morgan fingerprint density at radius 1 is 0.543 bits per heavy atom. The summed E-state index contributed by atoms with van der Waals surface area (Å²) in [6, 6.07) is 17.9. The summed E-state index contributed by atoms with van der Waals surface area (Å²) in [6.07, 6.45) is -1.77. The lowest BCUT2D eigenvalue weighted by Crippen LogP contribution is -2.43. The van der Waals surface area contributed by atoms with Crippen LogP contribution in [0.15, 0.2) is 60.7 Å². The largest absolute Gasteiger partial charge is 0.480 e. The van der Waals surface area contributed by atoms with Crippen LogP contribution < -0.4 is 0 Å². The van der Waals surface area contributed by atoms with E-state index in [0.717, 1.165) is 16.0 Å². The van der Waals surface area contributed by atoms with Crippen molar-refractivity contribution in [3.63, 3.8) is 0 Å². The summed E-state index contributed by atoms with van der Waals surface area (Å²) in [7, 11) is 0. The molecule has 0 saturated carbocycles. The zero-order valence-corrected chi connectivity index (χ0v) is 26.9. The maximum Gasteiger partial charge on any atom is 0.411 e. The summed E-state index contributed by atoms with van der Waals surface area (Å²) in [5.41, 5.74) is 0.104. The van der Waals surface area contributed by atoms with Crippen LogP contribution in [0.2, 0.25) is 0 Å². The van der Waals surface area contributed by atoms with Gasteiger partial charge >= 0.3 is 36.1 Å². The SMILES string of the molecule is CC(C)(C)OC(=O)CN(CC(=O)OC(C)(C)C)C(=O)OCc1ccccc1.O=C(O)CN(CC(=O)O)C(=O)OCc1ccccc1. The van der Waals surface area contributed by atoms with Crippen LogP contribution in [0.5, 0.6) is 0 Å². The number of ether oxygens (including phenoxy) is 4. The highest BCUT2D eigenvalue weighted by atomic mass is 16.6. The van der Waals surface area contributed by atoms with Crippen LogP contribution in [0, 0.1) is 0 Å². The quantitative estimate of drug-likeness (QED) is 0.249. The van der Waals surface area contributed by atoms with E-state index in [9.17, 15) is 28.8 Å². The number of amides is 2. The van der Waals surface area contributed by atoms with Crippen molar-refractivity contribution in [1.82, 2.24) is 9.80 Å². The lowest BCUT2D eigenvalue weighted by atomic mass is 10.2. The van der Waals surface area contributed by atoms with Crippen LogP contribution in [0.4, 0.5) is 9.59 Å². The molecule has 0 aromatic heterocycles. The summed E-state index contributed by atoms with van der Waals surface area (Å²) in [4.78, 5) is 70.8. The van der Waals surface area contributed by atoms with E-state index in [0.29, 0.717) is 4.90 Å². The zero-order valence-electron chi connectivity index (χ0n) is 26.9. The fraction of sp³-hybridized carbons (Fsp3) is 0.438. The molecular weight excluding hydrogens is 604 g/mol. The summed E-state index contributed by atoms with van der Waals surface area (Å²) in [6.45, 7) is 8.03. The molecule has 0 atom stereocenters. The first-order valence-corrected chi connectivity index (χ1v) is 14.1. The van der Waals surface area contributed by atoms with E-state index in [2.05, 4.69) is 0 Å². The molecule has 46 heavy (non-hydrogen) atoms. The third kappa shape index (κ3) is 18.5. The number of carbonyl (C=O) groups excluding carboxylic acids is 4. The van der Waals surface area contributed by atoms with Gasteiger partial charge in [-0.15, -0.1) is 0 Å². The van der Waals surface area contributed by atoms with Crippen LogP contribution in [-0.4, -0.2) is 93.5 Å². The lowest BCUT2D eigenvalue weighted by Gasteiger charge is -2.26. The smallest absolute Gasteiger partial charge is 0.411 e. The minimum absolute atomic E-state index is 0.0266. The average Bonchev–Trinajstić information content (AvgIpc) is 2.93. The number of carbonyl (C=O) groups is 6. The lowest BCUT2D eigenvalue weighted by molar-refractivity contribution is -0.159. The molecule has 0 aliphatic rings. The van der Waals surface area contributed by atoms with Gasteiger partial charge in [0.1, 0.15) is 50.6 Å². The van der Waals surface area contributed by atoms with E-state index in [4.69, 9.17) is 29.2 Å². The fourth-order valence-electron chi connectivity index (χ4n) is 3.38. The Kier molecular flexibility index (Phi) is 15.7. The molecule has 0 heterocycles. The van der Waals surface area contributed by atoms with Crippen LogP contribution in [0.25, 0.3) is 0 Å². The van der Waals surface area contributed by atoms with Gasteiger partial charge in [-0.05, 0) is 52.7 Å². The number of benzene rings is 2. The molecule has 14 heteroatoms. The number of nitrogens with zero attached hydrogens (tertiary/aromatic N) is 2. The van der Waals surface area contributed by atoms with E-state index in [1.807, 2.05) is 18.2 Å². The first-order chi connectivity index (χ1) is 21.3. The minimum Gasteiger partial charge on any atom is -0.480 e. The summed E-state index contributed by atoms with van der Waals surface area (Å²) >= 11 is 0. The highest BCUT2D eigenvalue weighted by Crippen LogP contribution is 2.11. The number of esters is 2. The maximum absolute atomic E-state index is 12.4. The first kappa shape index (κ1) is 38.9. The van der Waals surface area contributed by atoms with Gasteiger partial charge in [-0.1, -0.05) is 60.7 Å². The molecule has 0 aliphatic carbocycles. The molecule has 2 N–H and O–H groups in total. The Labute approximate surface area is 267 Å². The predicted molar refractivity (Wildman–Crippen MR) is 163 cm³/mol. The van der Waals surface area contributed by atoms with Crippen molar-refractivity contribution < 1.29 is 57.9 Å². The molecule has 2 amide bonds. The van der Waals surface area contributed by atoms with Crippen LogP contribution in [0.3, 0.4) is 0 Å². The normalized spacial score (nSPS) is 10.7. The highest BCUT2D eigenvalue weighted by Gasteiger charge is 2.27. The molecule has 2 aromatic rings. The third-order valence-corrected chi connectivity index (χ3v) is 5.06. The minimum atomic E-state index is -1.31. The van der Waals surface area contributed by atoms with Crippen molar-refractivity contribution in [2.45, 2.75) is 66.0 Å². The molecule has 0 radical (unpaired) electrons. The highest BCUT2D eigenvalue weighted by molar-refractivity contribution is 5.83. The van der Waals surface area contributed by atoms with Gasteiger partial charge in [0, 0.05) is 0 Å². The third-order valence-electron chi connectivity index (χ3n) is 5.06. The van der Waals surface area contributed by atoms with Crippen molar-refractivity contribution in [3.05, 3.63) is 71.8 Å². The van der Waals surface area contributed by atoms with Crippen molar-refractivity contribution in [1.29, 1.82) is 0 Å². The molecular formula is C32H42N2O12. The molecule has 252 valence electrons. The van der Waals surface area contributed by atoms with Gasteiger partial charge in [0.15, 0.2) is 0 Å². The Morgan fingerprint density at radius 2 is 0.848 bits per heavy atom. The number of carboxylic acids is 2. The number of rotatable bonds is 12.